The molecule has 9 nitrogen and oxygen atoms in total. The van der Waals surface area contributed by atoms with Gasteiger partial charge in [-0.05, 0) is 25.3 Å². The molecule has 29 heavy (non-hydrogen) atoms. The predicted octanol–water partition coefficient (Wildman–Crippen LogP) is 0.871. The number of benzene rings is 1. The van der Waals surface area contributed by atoms with Gasteiger partial charge in [0.25, 0.3) is 0 Å². The molecule has 1 aliphatic rings. The van der Waals surface area contributed by atoms with Crippen molar-refractivity contribution < 1.29 is 20.1 Å². The topological polar surface area (TPSA) is 126 Å². The molecular formula is C20H25N5O4. The van der Waals surface area contributed by atoms with E-state index in [-0.39, 0.29) is 12.6 Å². The fourth-order valence-corrected chi connectivity index (χ4v) is 3.59. The van der Waals surface area contributed by atoms with Gasteiger partial charge in [0.15, 0.2) is 23.2 Å². The summed E-state index contributed by atoms with van der Waals surface area (Å²) >= 11 is 0. The smallest absolute Gasteiger partial charge is 0.167 e. The number of aromatic nitrogens is 4. The molecule has 5 unspecified atom stereocenters. The molecule has 0 bridgehead atoms. The minimum Gasteiger partial charge on any atom is -0.394 e. The maximum atomic E-state index is 10.3. The van der Waals surface area contributed by atoms with Gasteiger partial charge in [-0.25, -0.2) is 15.0 Å². The maximum Gasteiger partial charge on any atom is 0.167 e. The molecule has 0 spiro atoms. The number of hydrogen-bond acceptors (Lipinski definition) is 8. The zero-order chi connectivity index (χ0) is 20.4. The minimum absolute atomic E-state index is 0.160. The molecule has 3 aromatic rings. The third kappa shape index (κ3) is 3.95. The number of imidazole rings is 1. The number of fused-ring (bicyclic) bond motifs is 1. The molecule has 5 atom stereocenters. The standard InChI is InChI=1S/C20H25N5O4/c1-12(7-8-13-5-3-2-4-6-13)24-18-15-19(22-10-21-18)25(11-23-15)20-17(28)16(27)14(9-26)29-20/h2-6,10-12,14,16-17,20,26-28H,7-9H2,1H3,(H,21,22,24). The van der Waals surface area contributed by atoms with E-state index in [1.807, 2.05) is 18.2 Å². The van der Waals surface area contributed by atoms with E-state index in [9.17, 15) is 15.3 Å². The molecule has 0 aliphatic carbocycles. The van der Waals surface area contributed by atoms with Crippen molar-refractivity contribution in [1.29, 1.82) is 0 Å². The van der Waals surface area contributed by atoms with Gasteiger partial charge in [0.05, 0.1) is 12.9 Å². The van der Waals surface area contributed by atoms with E-state index in [1.165, 1.54) is 18.2 Å². The third-order valence-electron chi connectivity index (χ3n) is 5.24. The third-order valence-corrected chi connectivity index (χ3v) is 5.24. The SMILES string of the molecule is CC(CCc1ccccc1)Nc1ncnc2c1ncn2C1OC(CO)C(O)C1O. The van der Waals surface area contributed by atoms with Crippen molar-refractivity contribution in [2.75, 3.05) is 11.9 Å². The van der Waals surface area contributed by atoms with Crippen LogP contribution in [0.1, 0.15) is 25.1 Å². The minimum atomic E-state index is -1.19. The molecule has 1 fully saturated rings. The van der Waals surface area contributed by atoms with Crippen LogP contribution < -0.4 is 5.32 Å². The lowest BCUT2D eigenvalue weighted by Gasteiger charge is -2.17. The summed E-state index contributed by atoms with van der Waals surface area (Å²) < 4.78 is 7.14. The summed E-state index contributed by atoms with van der Waals surface area (Å²) in [5.41, 5.74) is 2.31. The molecule has 2 aromatic heterocycles. The van der Waals surface area contributed by atoms with Crippen LogP contribution in [0.25, 0.3) is 11.2 Å². The number of aliphatic hydroxyl groups is 3. The van der Waals surface area contributed by atoms with Gasteiger partial charge in [-0.15, -0.1) is 0 Å². The maximum absolute atomic E-state index is 10.3. The second kappa shape index (κ2) is 8.42. The number of anilines is 1. The molecule has 9 heteroatoms. The van der Waals surface area contributed by atoms with Gasteiger partial charge < -0.3 is 25.4 Å². The number of aryl methyl sites for hydroxylation is 1. The largest absolute Gasteiger partial charge is 0.394 e. The van der Waals surface area contributed by atoms with Crippen LogP contribution in [0.3, 0.4) is 0 Å². The van der Waals surface area contributed by atoms with E-state index in [1.54, 1.807) is 4.57 Å². The lowest BCUT2D eigenvalue weighted by molar-refractivity contribution is -0.0511. The van der Waals surface area contributed by atoms with Crippen LogP contribution in [-0.4, -0.2) is 65.8 Å². The van der Waals surface area contributed by atoms with Crippen LogP contribution in [-0.2, 0) is 11.2 Å². The summed E-state index contributed by atoms with van der Waals surface area (Å²) in [6.07, 6.45) is 0.676. The second-order valence-electron chi connectivity index (χ2n) is 7.34. The number of ether oxygens (including phenoxy) is 1. The molecular weight excluding hydrogens is 374 g/mol. The highest BCUT2D eigenvalue weighted by atomic mass is 16.6. The van der Waals surface area contributed by atoms with Crippen molar-refractivity contribution in [3.05, 3.63) is 48.5 Å². The van der Waals surface area contributed by atoms with Gasteiger partial charge in [0, 0.05) is 6.04 Å². The molecule has 1 saturated heterocycles. The van der Waals surface area contributed by atoms with Crippen molar-refractivity contribution >= 4 is 17.0 Å². The number of nitrogens with zero attached hydrogens (tertiary/aromatic N) is 4. The molecule has 1 aromatic carbocycles. The zero-order valence-electron chi connectivity index (χ0n) is 16.1. The van der Waals surface area contributed by atoms with Crippen molar-refractivity contribution in [3.8, 4) is 0 Å². The Labute approximate surface area is 168 Å². The van der Waals surface area contributed by atoms with Gasteiger partial charge in [0.2, 0.25) is 0 Å². The quantitative estimate of drug-likeness (QED) is 0.461. The van der Waals surface area contributed by atoms with Crippen molar-refractivity contribution in [1.82, 2.24) is 19.5 Å². The summed E-state index contributed by atoms with van der Waals surface area (Å²) in [5.74, 6) is 0.598. The Bertz CT molecular complexity index is 950. The summed E-state index contributed by atoms with van der Waals surface area (Å²) in [7, 11) is 0. The average molecular weight is 399 g/mol. The Morgan fingerprint density at radius 2 is 1.93 bits per heavy atom. The van der Waals surface area contributed by atoms with Crippen LogP contribution >= 0.6 is 0 Å². The van der Waals surface area contributed by atoms with E-state index in [0.717, 1.165) is 12.8 Å². The highest BCUT2D eigenvalue weighted by Crippen LogP contribution is 2.32. The Balaban J connectivity index is 1.50. The van der Waals surface area contributed by atoms with E-state index in [4.69, 9.17) is 4.74 Å². The van der Waals surface area contributed by atoms with Gasteiger partial charge in [-0.2, -0.15) is 0 Å². The summed E-state index contributed by atoms with van der Waals surface area (Å²) in [6, 6.07) is 10.5. The molecule has 0 saturated carbocycles. The number of hydrogen-bond donors (Lipinski definition) is 4. The number of aliphatic hydroxyl groups excluding tert-OH is 3. The molecule has 3 heterocycles. The monoisotopic (exact) mass is 399 g/mol. The lowest BCUT2D eigenvalue weighted by atomic mass is 10.1. The van der Waals surface area contributed by atoms with Crippen LogP contribution in [0.5, 0.6) is 0 Å². The molecule has 0 radical (unpaired) electrons. The Morgan fingerprint density at radius 3 is 2.66 bits per heavy atom. The first-order valence-corrected chi connectivity index (χ1v) is 9.69. The van der Waals surface area contributed by atoms with Crippen molar-refractivity contribution in [2.24, 2.45) is 0 Å². The van der Waals surface area contributed by atoms with Gasteiger partial charge >= 0.3 is 0 Å². The zero-order valence-corrected chi connectivity index (χ0v) is 16.1. The van der Waals surface area contributed by atoms with Crippen LogP contribution in [0.4, 0.5) is 5.82 Å². The fraction of sp³-hybridized carbons (Fsp3) is 0.450. The van der Waals surface area contributed by atoms with Crippen LogP contribution in [0.15, 0.2) is 43.0 Å². The van der Waals surface area contributed by atoms with E-state index >= 15 is 0 Å². The highest BCUT2D eigenvalue weighted by Gasteiger charge is 2.44. The summed E-state index contributed by atoms with van der Waals surface area (Å²) in [6.45, 7) is 1.70. The normalized spacial score (nSPS) is 25.4. The van der Waals surface area contributed by atoms with Gasteiger partial charge in [-0.3, -0.25) is 4.57 Å². The summed E-state index contributed by atoms with van der Waals surface area (Å²) in [5, 5.41) is 33.0. The van der Waals surface area contributed by atoms with Gasteiger partial charge in [0.1, 0.15) is 24.6 Å². The van der Waals surface area contributed by atoms with Crippen molar-refractivity contribution in [3.63, 3.8) is 0 Å². The van der Waals surface area contributed by atoms with E-state index in [0.29, 0.717) is 17.0 Å². The van der Waals surface area contributed by atoms with E-state index in [2.05, 4.69) is 39.3 Å². The summed E-state index contributed by atoms with van der Waals surface area (Å²) in [4.78, 5) is 13.0. The average Bonchev–Trinajstić information content (AvgIpc) is 3.29. The first-order chi connectivity index (χ1) is 14.1. The molecule has 4 N–H and O–H groups in total. The van der Waals surface area contributed by atoms with Crippen molar-refractivity contribution in [2.45, 2.75) is 50.3 Å². The number of nitrogens with one attached hydrogen (secondary N) is 1. The first kappa shape index (κ1) is 19.7. The molecule has 1 aliphatic heterocycles. The fourth-order valence-electron chi connectivity index (χ4n) is 3.59. The Morgan fingerprint density at radius 1 is 1.14 bits per heavy atom. The Kier molecular flexibility index (Phi) is 5.72. The Hall–Kier alpha value is -2.59. The van der Waals surface area contributed by atoms with Crippen LogP contribution in [0, 0.1) is 0 Å². The predicted molar refractivity (Wildman–Crippen MR) is 106 cm³/mol. The number of rotatable bonds is 7. The highest BCUT2D eigenvalue weighted by molar-refractivity contribution is 5.82. The molecule has 4 rings (SSSR count). The van der Waals surface area contributed by atoms with E-state index < -0.39 is 24.5 Å². The van der Waals surface area contributed by atoms with Gasteiger partial charge in [-0.1, -0.05) is 30.3 Å². The first-order valence-electron chi connectivity index (χ1n) is 9.69. The van der Waals surface area contributed by atoms with Crippen LogP contribution in [0.2, 0.25) is 0 Å². The molecule has 0 amide bonds. The second-order valence-corrected chi connectivity index (χ2v) is 7.34. The lowest BCUT2D eigenvalue weighted by Crippen LogP contribution is -2.33. The molecule has 154 valence electrons.